The molecule has 0 unspecified atom stereocenters. The molecule has 12 heteroatoms. The highest BCUT2D eigenvalue weighted by Crippen LogP contribution is 2.45. The van der Waals surface area contributed by atoms with Crippen LogP contribution in [0.2, 0.25) is 0 Å². The average molecular weight is 446 g/mol. The van der Waals surface area contributed by atoms with Gasteiger partial charge in [0.1, 0.15) is 22.7 Å². The Morgan fingerprint density at radius 3 is 2.50 bits per heavy atom. The third-order valence-corrected chi connectivity index (χ3v) is 4.86. The van der Waals surface area contributed by atoms with Gasteiger partial charge in [0.15, 0.2) is 0 Å². The number of aromatic nitrogens is 6. The van der Waals surface area contributed by atoms with E-state index in [0.29, 0.717) is 16.6 Å². The van der Waals surface area contributed by atoms with E-state index >= 15 is 0 Å². The van der Waals surface area contributed by atoms with Crippen molar-refractivity contribution in [1.29, 1.82) is 0 Å². The van der Waals surface area contributed by atoms with E-state index < -0.39 is 17.8 Å². The first-order valence-electron chi connectivity index (χ1n) is 9.12. The van der Waals surface area contributed by atoms with Gasteiger partial charge in [-0.15, -0.1) is 10.2 Å². The van der Waals surface area contributed by atoms with Crippen molar-refractivity contribution in [3.63, 3.8) is 0 Å². The van der Waals surface area contributed by atoms with Crippen LogP contribution in [0.15, 0.2) is 53.5 Å². The zero-order valence-electron chi connectivity index (χ0n) is 16.1. The Hall–Kier alpha value is -3.96. The molecule has 0 aliphatic rings. The maximum absolute atomic E-state index is 14.3. The molecule has 0 N–H and O–H groups in total. The summed E-state index contributed by atoms with van der Waals surface area (Å²) < 4.78 is 74.6. The van der Waals surface area contributed by atoms with Crippen molar-refractivity contribution in [3.05, 3.63) is 60.5 Å². The van der Waals surface area contributed by atoms with Crippen molar-refractivity contribution < 1.29 is 26.4 Å². The van der Waals surface area contributed by atoms with Gasteiger partial charge in [-0.2, -0.15) is 22.0 Å². The number of pyridine rings is 3. The molecule has 0 aromatic carbocycles. The molecule has 0 saturated carbocycles. The third kappa shape index (κ3) is 3.06. The quantitative estimate of drug-likeness (QED) is 0.365. The standard InChI is InChI=1S/C20H11F5N6O/c1-10-6-11(4-5-26-10)13-7-15(19(21,22)20(23,24)25)29-17-12(13)2-3-16-28-14(8-31(16)17)18-30-27-9-32-18/h2-9H,1H3. The number of rotatable bonds is 3. The van der Waals surface area contributed by atoms with E-state index in [2.05, 4.69) is 25.1 Å². The van der Waals surface area contributed by atoms with Crippen LogP contribution in [0.4, 0.5) is 22.0 Å². The smallest absolute Gasteiger partial charge is 0.422 e. The molecule has 7 nitrogen and oxygen atoms in total. The average Bonchev–Trinajstić information content (AvgIpc) is 3.41. The van der Waals surface area contributed by atoms with Crippen molar-refractivity contribution >= 4 is 16.7 Å². The minimum absolute atomic E-state index is 0.0589. The summed E-state index contributed by atoms with van der Waals surface area (Å²) in [4.78, 5) is 12.0. The second-order valence-corrected chi connectivity index (χ2v) is 6.98. The van der Waals surface area contributed by atoms with E-state index in [1.165, 1.54) is 22.9 Å². The van der Waals surface area contributed by atoms with Gasteiger partial charge >= 0.3 is 12.1 Å². The van der Waals surface area contributed by atoms with Gasteiger partial charge in [0.05, 0.1) is 0 Å². The minimum atomic E-state index is -5.82. The Labute approximate surface area is 175 Å². The Morgan fingerprint density at radius 2 is 1.81 bits per heavy atom. The summed E-state index contributed by atoms with van der Waals surface area (Å²) in [5.74, 6) is -5.11. The topological polar surface area (TPSA) is 82.0 Å². The van der Waals surface area contributed by atoms with Crippen molar-refractivity contribution in [2.24, 2.45) is 0 Å². The maximum Gasteiger partial charge on any atom is 0.459 e. The van der Waals surface area contributed by atoms with Crippen LogP contribution in [0.5, 0.6) is 0 Å². The molecule has 0 radical (unpaired) electrons. The van der Waals surface area contributed by atoms with Crippen LogP contribution in [0.25, 0.3) is 39.4 Å². The Morgan fingerprint density at radius 1 is 1.00 bits per heavy atom. The first-order valence-corrected chi connectivity index (χ1v) is 9.12. The monoisotopic (exact) mass is 446 g/mol. The van der Waals surface area contributed by atoms with Crippen LogP contribution in [-0.2, 0) is 5.92 Å². The summed E-state index contributed by atoms with van der Waals surface area (Å²) in [6.45, 7) is 1.68. The molecule has 0 saturated heterocycles. The summed E-state index contributed by atoms with van der Waals surface area (Å²) in [5.41, 5.74) is 0.0387. The maximum atomic E-state index is 14.3. The van der Waals surface area contributed by atoms with E-state index in [0.717, 1.165) is 12.5 Å². The molecule has 0 atom stereocenters. The number of fused-ring (bicyclic) bond motifs is 3. The molecule has 5 heterocycles. The SMILES string of the molecule is Cc1cc(-c2cc(C(F)(F)C(F)(F)F)nc3c2ccc2nc(-c4nnco4)cn23)ccn1. The summed E-state index contributed by atoms with van der Waals surface area (Å²) >= 11 is 0. The number of imidazole rings is 1. The molecule has 0 fully saturated rings. The van der Waals surface area contributed by atoms with Crippen molar-refractivity contribution in [3.8, 4) is 22.7 Å². The zero-order chi connectivity index (χ0) is 22.7. The van der Waals surface area contributed by atoms with E-state index in [-0.39, 0.29) is 28.4 Å². The summed E-state index contributed by atoms with van der Waals surface area (Å²) in [5, 5.41) is 7.64. The molecule has 5 rings (SSSR count). The zero-order valence-corrected chi connectivity index (χ0v) is 16.1. The number of hydrogen-bond acceptors (Lipinski definition) is 6. The molecule has 0 spiro atoms. The molecular weight excluding hydrogens is 435 g/mol. The number of halogens is 5. The molecule has 5 aromatic heterocycles. The van der Waals surface area contributed by atoms with Gasteiger partial charge in [-0.1, -0.05) is 0 Å². The number of nitrogens with zero attached hydrogens (tertiary/aromatic N) is 6. The number of aryl methyl sites for hydroxylation is 1. The highest BCUT2D eigenvalue weighted by Gasteiger charge is 2.60. The van der Waals surface area contributed by atoms with Gasteiger partial charge in [-0.25, -0.2) is 9.97 Å². The lowest BCUT2D eigenvalue weighted by Gasteiger charge is -2.20. The van der Waals surface area contributed by atoms with Gasteiger partial charge < -0.3 is 4.42 Å². The van der Waals surface area contributed by atoms with Crippen LogP contribution in [-0.4, -0.2) is 35.7 Å². The molecule has 0 aliphatic carbocycles. The molecule has 162 valence electrons. The van der Waals surface area contributed by atoms with E-state index in [4.69, 9.17) is 4.42 Å². The minimum Gasteiger partial charge on any atom is -0.422 e. The van der Waals surface area contributed by atoms with Crippen LogP contribution < -0.4 is 0 Å². The third-order valence-electron chi connectivity index (χ3n) is 4.86. The highest BCUT2D eigenvalue weighted by molar-refractivity contribution is 5.94. The van der Waals surface area contributed by atoms with Gasteiger partial charge in [0.25, 0.3) is 5.89 Å². The summed E-state index contributed by atoms with van der Waals surface area (Å²) in [6.07, 6.45) is -1.91. The second-order valence-electron chi connectivity index (χ2n) is 6.98. The van der Waals surface area contributed by atoms with Gasteiger partial charge in [-0.3, -0.25) is 9.38 Å². The Balaban J connectivity index is 1.86. The predicted octanol–water partition coefficient (Wildman–Crippen LogP) is 4.96. The predicted molar refractivity (Wildman–Crippen MR) is 102 cm³/mol. The van der Waals surface area contributed by atoms with Crippen LogP contribution in [0.1, 0.15) is 11.4 Å². The second kappa shape index (κ2) is 6.77. The largest absolute Gasteiger partial charge is 0.459 e. The van der Waals surface area contributed by atoms with E-state index in [9.17, 15) is 22.0 Å². The fourth-order valence-corrected chi connectivity index (χ4v) is 3.37. The lowest BCUT2D eigenvalue weighted by Crippen LogP contribution is -2.34. The Kier molecular flexibility index (Phi) is 4.23. The summed E-state index contributed by atoms with van der Waals surface area (Å²) in [7, 11) is 0. The number of hydrogen-bond donors (Lipinski definition) is 0. The molecule has 0 amide bonds. The van der Waals surface area contributed by atoms with Crippen molar-refractivity contribution in [2.75, 3.05) is 0 Å². The van der Waals surface area contributed by atoms with Gasteiger partial charge in [0.2, 0.25) is 6.39 Å². The van der Waals surface area contributed by atoms with Gasteiger partial charge in [0, 0.05) is 23.5 Å². The molecule has 0 aliphatic heterocycles. The first kappa shape index (κ1) is 20.0. The van der Waals surface area contributed by atoms with E-state index in [1.54, 1.807) is 25.1 Å². The molecular formula is C20H11F5N6O. The lowest BCUT2D eigenvalue weighted by atomic mass is 10.00. The van der Waals surface area contributed by atoms with Crippen LogP contribution in [0, 0.1) is 6.92 Å². The summed E-state index contributed by atoms with van der Waals surface area (Å²) in [6, 6.07) is 7.02. The highest BCUT2D eigenvalue weighted by atomic mass is 19.4. The molecule has 32 heavy (non-hydrogen) atoms. The van der Waals surface area contributed by atoms with Crippen molar-refractivity contribution in [1.82, 2.24) is 29.5 Å². The first-order chi connectivity index (χ1) is 15.1. The Bertz CT molecular complexity index is 1460. The van der Waals surface area contributed by atoms with Gasteiger partial charge in [-0.05, 0) is 48.4 Å². The fourth-order valence-electron chi connectivity index (χ4n) is 3.37. The lowest BCUT2D eigenvalue weighted by molar-refractivity contribution is -0.290. The van der Waals surface area contributed by atoms with E-state index in [1.807, 2.05) is 0 Å². The number of alkyl halides is 5. The van der Waals surface area contributed by atoms with Crippen LogP contribution in [0.3, 0.4) is 0 Å². The molecule has 0 bridgehead atoms. The van der Waals surface area contributed by atoms with Crippen molar-refractivity contribution in [2.45, 2.75) is 19.0 Å². The molecule has 5 aromatic rings. The fraction of sp³-hybridized carbons (Fsp3) is 0.150. The normalized spacial score (nSPS) is 12.7. The van der Waals surface area contributed by atoms with Crippen LogP contribution >= 0.6 is 0 Å².